The first-order chi connectivity index (χ1) is 11.7. The first-order valence-electron chi connectivity index (χ1n) is 7.83. The largest absolute Gasteiger partial charge is 0.478 e. The second kappa shape index (κ2) is 5.85. The van der Waals surface area contributed by atoms with Crippen LogP contribution in [0.15, 0.2) is 42.5 Å². The third-order valence-corrected chi connectivity index (χ3v) is 6.02. The molecule has 3 rings (SSSR count). The first kappa shape index (κ1) is 16.9. The maximum Gasteiger partial charge on any atom is 0.335 e. The molecule has 25 heavy (non-hydrogen) atoms. The van der Waals surface area contributed by atoms with Crippen molar-refractivity contribution < 1.29 is 14.8 Å². The van der Waals surface area contributed by atoms with Crippen LogP contribution >= 0.6 is 0 Å². The maximum absolute atomic E-state index is 11.5. The fraction of sp³-hybridized carbons (Fsp3) is 0.167. The highest BCUT2D eigenvalue weighted by molar-refractivity contribution is 6.89. The zero-order valence-corrected chi connectivity index (χ0v) is 15.2. The Hall–Kier alpha value is -2.93. The van der Waals surface area contributed by atoms with Crippen LogP contribution in [0.5, 0.6) is 0 Å². The number of carboxylic acid groups (broad SMARTS) is 1. The standard InChI is InChI=1S/C18H18N2O4Si/c1-25(2,3)17-15(11-7-5-4-6-8-11)13-9-12(18(21)22)10-14(20(23)24)16(13)19-17/h4-10,19H,1-3H3,(H,21,22). The normalized spacial score (nSPS) is 11.6. The van der Waals surface area contributed by atoms with Crippen molar-refractivity contribution >= 4 is 36.0 Å². The van der Waals surface area contributed by atoms with Gasteiger partial charge < -0.3 is 10.1 Å². The quantitative estimate of drug-likeness (QED) is 0.421. The van der Waals surface area contributed by atoms with Crippen molar-refractivity contribution in [1.29, 1.82) is 0 Å². The summed E-state index contributed by atoms with van der Waals surface area (Å²) >= 11 is 0. The number of aromatic carboxylic acids is 1. The van der Waals surface area contributed by atoms with Gasteiger partial charge in [0.05, 0.1) is 18.6 Å². The van der Waals surface area contributed by atoms with Crippen LogP contribution < -0.4 is 5.32 Å². The minimum Gasteiger partial charge on any atom is -0.478 e. The monoisotopic (exact) mass is 354 g/mol. The van der Waals surface area contributed by atoms with Gasteiger partial charge >= 0.3 is 5.97 Å². The molecule has 0 saturated carbocycles. The van der Waals surface area contributed by atoms with Crippen LogP contribution in [0.25, 0.3) is 22.0 Å². The number of aromatic amines is 1. The molecule has 0 atom stereocenters. The highest BCUT2D eigenvalue weighted by atomic mass is 28.3. The van der Waals surface area contributed by atoms with Crippen LogP contribution in [0.4, 0.5) is 5.69 Å². The molecule has 0 radical (unpaired) electrons. The van der Waals surface area contributed by atoms with Crippen LogP contribution in [0.3, 0.4) is 0 Å². The van der Waals surface area contributed by atoms with E-state index in [2.05, 4.69) is 24.6 Å². The highest BCUT2D eigenvalue weighted by Gasteiger charge is 2.29. The number of carboxylic acids is 1. The molecule has 0 amide bonds. The summed E-state index contributed by atoms with van der Waals surface area (Å²) in [5, 5.41) is 22.4. The molecule has 0 aliphatic carbocycles. The summed E-state index contributed by atoms with van der Waals surface area (Å²) in [7, 11) is -1.87. The van der Waals surface area contributed by atoms with E-state index in [0.29, 0.717) is 10.9 Å². The summed E-state index contributed by atoms with van der Waals surface area (Å²) in [4.78, 5) is 25.7. The number of nitro groups is 1. The zero-order valence-electron chi connectivity index (χ0n) is 14.2. The molecule has 0 aliphatic rings. The van der Waals surface area contributed by atoms with Gasteiger partial charge in [0.2, 0.25) is 0 Å². The van der Waals surface area contributed by atoms with Gasteiger partial charge in [-0.15, -0.1) is 0 Å². The number of benzene rings is 2. The average Bonchev–Trinajstić information content (AvgIpc) is 2.94. The molecule has 128 valence electrons. The molecule has 1 aromatic heterocycles. The Morgan fingerprint density at radius 1 is 1.16 bits per heavy atom. The Morgan fingerprint density at radius 2 is 1.80 bits per heavy atom. The molecule has 0 aliphatic heterocycles. The lowest BCUT2D eigenvalue weighted by Crippen LogP contribution is -2.39. The second-order valence-electron chi connectivity index (χ2n) is 6.97. The molecule has 0 saturated heterocycles. The summed E-state index contributed by atoms with van der Waals surface area (Å²) < 4.78 is 0. The van der Waals surface area contributed by atoms with Gasteiger partial charge in [0.25, 0.3) is 5.69 Å². The Kier molecular flexibility index (Phi) is 3.96. The SMILES string of the molecule is C[Si](C)(C)c1[nH]c2c([N+](=O)[O-])cc(C(=O)O)cc2c1-c1ccccc1. The molecular weight excluding hydrogens is 336 g/mol. The van der Waals surface area contributed by atoms with E-state index < -0.39 is 19.0 Å². The Balaban J connectivity index is 2.50. The average molecular weight is 354 g/mol. The van der Waals surface area contributed by atoms with E-state index in [1.54, 1.807) is 0 Å². The number of nitro benzene ring substituents is 1. The van der Waals surface area contributed by atoms with E-state index in [0.717, 1.165) is 22.5 Å². The fourth-order valence-electron chi connectivity index (χ4n) is 3.01. The number of non-ortho nitro benzene ring substituents is 1. The summed E-state index contributed by atoms with van der Waals surface area (Å²) in [6.07, 6.45) is 0. The molecule has 0 spiro atoms. The van der Waals surface area contributed by atoms with Gasteiger partial charge in [0.15, 0.2) is 0 Å². The molecule has 2 aromatic carbocycles. The van der Waals surface area contributed by atoms with Crippen LogP contribution in [0.2, 0.25) is 19.6 Å². The van der Waals surface area contributed by atoms with Crippen molar-refractivity contribution in [2.45, 2.75) is 19.6 Å². The van der Waals surface area contributed by atoms with E-state index in [9.17, 15) is 20.0 Å². The smallest absolute Gasteiger partial charge is 0.335 e. The fourth-order valence-corrected chi connectivity index (χ4v) is 4.54. The molecule has 0 fully saturated rings. The summed E-state index contributed by atoms with van der Waals surface area (Å²) in [5.74, 6) is -1.18. The van der Waals surface area contributed by atoms with Gasteiger partial charge in [-0.3, -0.25) is 10.1 Å². The van der Waals surface area contributed by atoms with Crippen LogP contribution in [-0.4, -0.2) is 29.1 Å². The summed E-state index contributed by atoms with van der Waals surface area (Å²) in [6.45, 7) is 6.44. The minimum atomic E-state index is -1.87. The summed E-state index contributed by atoms with van der Waals surface area (Å²) in [5.41, 5.74) is 1.87. The van der Waals surface area contributed by atoms with Crippen molar-refractivity contribution in [3.05, 3.63) is 58.1 Å². The predicted molar refractivity (Wildman–Crippen MR) is 100 cm³/mol. The van der Waals surface area contributed by atoms with Crippen molar-refractivity contribution in [2.24, 2.45) is 0 Å². The number of fused-ring (bicyclic) bond motifs is 1. The van der Waals surface area contributed by atoms with E-state index in [4.69, 9.17) is 0 Å². The number of hydrogen-bond acceptors (Lipinski definition) is 3. The number of nitrogens with zero attached hydrogens (tertiary/aromatic N) is 1. The molecular formula is C18H18N2O4Si. The number of H-pyrrole nitrogens is 1. The van der Waals surface area contributed by atoms with Gasteiger partial charge in [-0.2, -0.15) is 0 Å². The zero-order chi connectivity index (χ0) is 18.4. The summed E-state index contributed by atoms with van der Waals surface area (Å²) in [6, 6.07) is 12.2. The lowest BCUT2D eigenvalue weighted by atomic mass is 10.0. The number of carbonyl (C=O) groups is 1. The van der Waals surface area contributed by atoms with Crippen LogP contribution in [0, 0.1) is 10.1 Å². The Bertz CT molecular complexity index is 988. The third-order valence-electron chi connectivity index (χ3n) is 4.14. The lowest BCUT2D eigenvalue weighted by Gasteiger charge is -2.17. The lowest BCUT2D eigenvalue weighted by molar-refractivity contribution is -0.383. The van der Waals surface area contributed by atoms with Crippen molar-refractivity contribution in [3.8, 4) is 11.1 Å². The number of rotatable bonds is 4. The van der Waals surface area contributed by atoms with E-state index in [1.165, 1.54) is 6.07 Å². The van der Waals surface area contributed by atoms with Gasteiger partial charge in [-0.25, -0.2) is 4.79 Å². The first-order valence-corrected chi connectivity index (χ1v) is 11.3. The van der Waals surface area contributed by atoms with Crippen LogP contribution in [0.1, 0.15) is 10.4 Å². The molecule has 0 unspecified atom stereocenters. The highest BCUT2D eigenvalue weighted by Crippen LogP contribution is 2.35. The van der Waals surface area contributed by atoms with Crippen LogP contribution in [-0.2, 0) is 0 Å². The minimum absolute atomic E-state index is 0.0856. The Morgan fingerprint density at radius 3 is 2.32 bits per heavy atom. The molecule has 3 aromatic rings. The molecule has 7 heteroatoms. The topological polar surface area (TPSA) is 96.2 Å². The van der Waals surface area contributed by atoms with Crippen molar-refractivity contribution in [1.82, 2.24) is 4.98 Å². The van der Waals surface area contributed by atoms with Gasteiger partial charge in [0.1, 0.15) is 5.52 Å². The maximum atomic E-state index is 11.5. The molecule has 0 bridgehead atoms. The Labute approximate surface area is 145 Å². The molecule has 2 N–H and O–H groups in total. The predicted octanol–water partition coefficient (Wildman–Crippen LogP) is 3.99. The number of nitrogens with one attached hydrogen (secondary N) is 1. The van der Waals surface area contributed by atoms with E-state index in [-0.39, 0.29) is 11.3 Å². The molecule has 6 nitrogen and oxygen atoms in total. The van der Waals surface area contributed by atoms with Crippen molar-refractivity contribution in [3.63, 3.8) is 0 Å². The number of hydrogen-bond donors (Lipinski definition) is 2. The van der Waals surface area contributed by atoms with E-state index in [1.807, 2.05) is 30.3 Å². The molecule has 1 heterocycles. The van der Waals surface area contributed by atoms with E-state index >= 15 is 0 Å². The van der Waals surface area contributed by atoms with Gasteiger partial charge in [0, 0.05) is 22.3 Å². The van der Waals surface area contributed by atoms with Gasteiger partial charge in [-0.1, -0.05) is 50.0 Å². The second-order valence-corrected chi connectivity index (χ2v) is 12.0. The third kappa shape index (κ3) is 2.94. The van der Waals surface area contributed by atoms with Crippen molar-refractivity contribution in [2.75, 3.05) is 0 Å². The number of aromatic nitrogens is 1. The van der Waals surface area contributed by atoms with Gasteiger partial charge in [-0.05, 0) is 11.6 Å².